The fraction of sp³-hybridized carbons (Fsp3) is 1.00. The van der Waals surface area contributed by atoms with Crippen LogP contribution < -0.4 is 5.73 Å². The highest BCUT2D eigenvalue weighted by Crippen LogP contribution is 2.12. The number of nitrogens with zero attached hydrogens (tertiary/aromatic N) is 2. The zero-order valence-corrected chi connectivity index (χ0v) is 11.5. The van der Waals surface area contributed by atoms with E-state index in [1.807, 2.05) is 6.92 Å². The molecule has 1 saturated heterocycles. The zero-order valence-electron chi connectivity index (χ0n) is 11.5. The molecular formula is C13H29N3O. The molecule has 17 heavy (non-hydrogen) atoms. The van der Waals surface area contributed by atoms with Crippen LogP contribution in [0.2, 0.25) is 0 Å². The van der Waals surface area contributed by atoms with Crippen molar-refractivity contribution in [2.45, 2.75) is 38.7 Å². The van der Waals surface area contributed by atoms with Crippen molar-refractivity contribution in [3.05, 3.63) is 0 Å². The molecule has 0 aliphatic carbocycles. The van der Waals surface area contributed by atoms with Gasteiger partial charge in [-0.25, -0.2) is 0 Å². The quantitative estimate of drug-likeness (QED) is 0.640. The monoisotopic (exact) mass is 243 g/mol. The highest BCUT2D eigenvalue weighted by Gasteiger charge is 2.18. The van der Waals surface area contributed by atoms with E-state index in [1.165, 1.54) is 39.1 Å². The molecule has 1 aliphatic heterocycles. The van der Waals surface area contributed by atoms with Crippen molar-refractivity contribution in [1.82, 2.24) is 9.80 Å². The number of nitrogens with two attached hydrogens (primary N) is 1. The van der Waals surface area contributed by atoms with E-state index in [0.29, 0.717) is 6.54 Å². The van der Waals surface area contributed by atoms with Crippen LogP contribution in [0.5, 0.6) is 0 Å². The summed E-state index contributed by atoms with van der Waals surface area (Å²) in [7, 11) is 0. The first-order valence-corrected chi connectivity index (χ1v) is 6.94. The van der Waals surface area contributed by atoms with Crippen LogP contribution in [-0.2, 0) is 0 Å². The number of hydrogen-bond acceptors (Lipinski definition) is 4. The lowest BCUT2D eigenvalue weighted by molar-refractivity contribution is 0.0554. The molecule has 1 unspecified atom stereocenters. The first-order chi connectivity index (χ1) is 8.07. The first kappa shape index (κ1) is 14.9. The van der Waals surface area contributed by atoms with Gasteiger partial charge < -0.3 is 20.6 Å². The summed E-state index contributed by atoms with van der Waals surface area (Å²) >= 11 is 0. The summed E-state index contributed by atoms with van der Waals surface area (Å²) in [6.07, 6.45) is 3.05. The van der Waals surface area contributed by atoms with Gasteiger partial charge in [-0.2, -0.15) is 0 Å². The van der Waals surface area contributed by atoms with Crippen LogP contribution >= 0.6 is 0 Å². The average Bonchev–Trinajstić information content (AvgIpc) is 2.35. The Balaban J connectivity index is 2.04. The Bertz CT molecular complexity index is 201. The molecule has 0 bridgehead atoms. The summed E-state index contributed by atoms with van der Waals surface area (Å²) in [5.41, 5.74) is 4.83. The standard InChI is InChI=1S/C13H29N3O/c1-3-15-8-10-16(11-9-15)7-5-4-6-13(2,17)12-14/h17H,3-12,14H2,1-2H3. The molecule has 102 valence electrons. The van der Waals surface area contributed by atoms with Gasteiger partial charge in [0.15, 0.2) is 0 Å². The van der Waals surface area contributed by atoms with Gasteiger partial charge >= 0.3 is 0 Å². The van der Waals surface area contributed by atoms with Crippen molar-refractivity contribution in [1.29, 1.82) is 0 Å². The minimum Gasteiger partial charge on any atom is -0.389 e. The SMILES string of the molecule is CCN1CCN(CCCCC(C)(O)CN)CC1. The van der Waals surface area contributed by atoms with E-state index in [9.17, 15) is 5.11 Å². The van der Waals surface area contributed by atoms with Gasteiger partial charge in [-0.15, -0.1) is 0 Å². The molecule has 0 amide bonds. The minimum atomic E-state index is -0.666. The zero-order chi connectivity index (χ0) is 12.7. The van der Waals surface area contributed by atoms with Gasteiger partial charge in [0.1, 0.15) is 0 Å². The molecule has 1 heterocycles. The van der Waals surface area contributed by atoms with Crippen LogP contribution in [0.1, 0.15) is 33.1 Å². The van der Waals surface area contributed by atoms with Crippen molar-refractivity contribution in [2.75, 3.05) is 45.8 Å². The molecule has 1 rings (SSSR count). The van der Waals surface area contributed by atoms with Gasteiger partial charge in [-0.05, 0) is 39.3 Å². The Hall–Kier alpha value is -0.160. The summed E-state index contributed by atoms with van der Waals surface area (Å²) in [6.45, 7) is 11.6. The third-order valence-electron chi connectivity index (χ3n) is 3.79. The second kappa shape index (κ2) is 7.31. The predicted octanol–water partition coefficient (Wildman–Crippen LogP) is 0.504. The van der Waals surface area contributed by atoms with Crippen molar-refractivity contribution >= 4 is 0 Å². The van der Waals surface area contributed by atoms with E-state index >= 15 is 0 Å². The van der Waals surface area contributed by atoms with E-state index in [2.05, 4.69) is 16.7 Å². The lowest BCUT2D eigenvalue weighted by Gasteiger charge is -2.34. The van der Waals surface area contributed by atoms with Gasteiger partial charge in [0.2, 0.25) is 0 Å². The van der Waals surface area contributed by atoms with Crippen molar-refractivity contribution in [2.24, 2.45) is 5.73 Å². The van der Waals surface area contributed by atoms with Crippen LogP contribution in [0.15, 0.2) is 0 Å². The molecule has 1 aliphatic rings. The largest absolute Gasteiger partial charge is 0.389 e. The van der Waals surface area contributed by atoms with Crippen LogP contribution in [0.4, 0.5) is 0 Å². The smallest absolute Gasteiger partial charge is 0.0741 e. The number of piperazine rings is 1. The van der Waals surface area contributed by atoms with Crippen molar-refractivity contribution in [3.63, 3.8) is 0 Å². The van der Waals surface area contributed by atoms with Crippen LogP contribution in [0.25, 0.3) is 0 Å². The summed E-state index contributed by atoms with van der Waals surface area (Å²) < 4.78 is 0. The second-order valence-corrected chi connectivity index (χ2v) is 5.43. The minimum absolute atomic E-state index is 0.363. The maximum absolute atomic E-state index is 9.78. The molecule has 1 fully saturated rings. The molecule has 0 aromatic rings. The van der Waals surface area contributed by atoms with Gasteiger partial charge in [-0.3, -0.25) is 0 Å². The number of unbranched alkanes of at least 4 members (excludes halogenated alkanes) is 1. The molecule has 1 atom stereocenters. The third-order valence-corrected chi connectivity index (χ3v) is 3.79. The fourth-order valence-corrected chi connectivity index (χ4v) is 2.27. The van der Waals surface area contributed by atoms with E-state index < -0.39 is 5.60 Å². The van der Waals surface area contributed by atoms with Crippen molar-refractivity contribution in [3.8, 4) is 0 Å². The summed E-state index contributed by atoms with van der Waals surface area (Å²) in [5, 5.41) is 9.78. The number of rotatable bonds is 7. The van der Waals surface area contributed by atoms with Gasteiger partial charge in [0.05, 0.1) is 5.60 Å². The fourth-order valence-electron chi connectivity index (χ4n) is 2.27. The Kier molecular flexibility index (Phi) is 6.41. The van der Waals surface area contributed by atoms with Crippen LogP contribution in [-0.4, -0.2) is 66.3 Å². The topological polar surface area (TPSA) is 52.7 Å². The maximum atomic E-state index is 9.78. The molecule has 0 spiro atoms. The normalized spacial score (nSPS) is 22.6. The summed E-state index contributed by atoms with van der Waals surface area (Å²) in [4.78, 5) is 5.03. The summed E-state index contributed by atoms with van der Waals surface area (Å²) in [6, 6.07) is 0. The lowest BCUT2D eigenvalue weighted by Crippen LogP contribution is -2.46. The third kappa shape index (κ3) is 5.82. The van der Waals surface area contributed by atoms with Gasteiger partial charge in [0.25, 0.3) is 0 Å². The molecule has 3 N–H and O–H groups in total. The number of likely N-dealkylation sites (N-methyl/N-ethyl adjacent to an activating group) is 1. The molecule has 4 heteroatoms. The molecule has 0 saturated carbocycles. The molecule has 0 aromatic carbocycles. The van der Waals surface area contributed by atoms with E-state index in [1.54, 1.807) is 0 Å². The van der Waals surface area contributed by atoms with E-state index in [4.69, 9.17) is 5.73 Å². The predicted molar refractivity (Wildman–Crippen MR) is 72.1 cm³/mol. The Morgan fingerprint density at radius 3 is 2.24 bits per heavy atom. The molecule has 4 nitrogen and oxygen atoms in total. The van der Waals surface area contributed by atoms with Crippen LogP contribution in [0, 0.1) is 0 Å². The van der Waals surface area contributed by atoms with E-state index in [-0.39, 0.29) is 0 Å². The maximum Gasteiger partial charge on any atom is 0.0741 e. The Labute approximate surface area is 106 Å². The van der Waals surface area contributed by atoms with Gasteiger partial charge in [-0.1, -0.05) is 6.92 Å². The van der Waals surface area contributed by atoms with Crippen LogP contribution in [0.3, 0.4) is 0 Å². The second-order valence-electron chi connectivity index (χ2n) is 5.43. The molecule has 0 radical (unpaired) electrons. The Morgan fingerprint density at radius 2 is 1.71 bits per heavy atom. The Morgan fingerprint density at radius 1 is 1.12 bits per heavy atom. The molecule has 0 aromatic heterocycles. The lowest BCUT2D eigenvalue weighted by atomic mass is 9.99. The number of aliphatic hydroxyl groups is 1. The van der Waals surface area contributed by atoms with Crippen molar-refractivity contribution < 1.29 is 5.11 Å². The first-order valence-electron chi connectivity index (χ1n) is 6.94. The van der Waals surface area contributed by atoms with E-state index in [0.717, 1.165) is 19.4 Å². The molecular weight excluding hydrogens is 214 g/mol. The summed E-state index contributed by atoms with van der Waals surface area (Å²) in [5.74, 6) is 0. The highest BCUT2D eigenvalue weighted by atomic mass is 16.3. The van der Waals surface area contributed by atoms with Gasteiger partial charge in [0, 0.05) is 32.7 Å². The average molecular weight is 243 g/mol. The number of hydrogen-bond donors (Lipinski definition) is 2. The highest BCUT2D eigenvalue weighted by molar-refractivity contribution is 4.74.